The lowest BCUT2D eigenvalue weighted by molar-refractivity contribution is -0.119. The van der Waals surface area contributed by atoms with Gasteiger partial charge >= 0.3 is 0 Å². The number of primary amides is 1. The third kappa shape index (κ3) is 5.51. The second-order valence-electron chi connectivity index (χ2n) is 5.17. The monoisotopic (exact) mass is 297 g/mol. The van der Waals surface area contributed by atoms with Crippen molar-refractivity contribution >= 4 is 17.5 Å². The normalized spacial score (nSPS) is 15.6. The topological polar surface area (TPSA) is 63.3 Å². The van der Waals surface area contributed by atoms with Gasteiger partial charge in [0, 0.05) is 0 Å². The molecule has 4 heteroatoms. The maximum absolute atomic E-state index is 11.6. The molecule has 0 saturated heterocycles. The molecule has 0 spiro atoms. The van der Waals surface area contributed by atoms with Gasteiger partial charge in [0.15, 0.2) is 0 Å². The van der Waals surface area contributed by atoms with Gasteiger partial charge in [-0.2, -0.15) is 0 Å². The maximum Gasteiger partial charge on any atom is 0.224 e. The van der Waals surface area contributed by atoms with Crippen LogP contribution in [0.15, 0.2) is 30.3 Å². The van der Waals surface area contributed by atoms with Crippen LogP contribution >= 0.6 is 11.6 Å². The summed E-state index contributed by atoms with van der Waals surface area (Å²) in [7, 11) is 0. The lowest BCUT2D eigenvalue weighted by atomic mass is 9.91. The summed E-state index contributed by atoms with van der Waals surface area (Å²) >= 11 is 6.20. The predicted octanol–water partition coefficient (Wildman–Crippen LogP) is 3.19. The summed E-state index contributed by atoms with van der Waals surface area (Å²) < 4.78 is 0. The average molecular weight is 298 g/mol. The van der Waals surface area contributed by atoms with Crippen LogP contribution in [0.1, 0.15) is 50.5 Å². The van der Waals surface area contributed by atoms with Gasteiger partial charge in [-0.1, -0.05) is 50.1 Å². The predicted molar refractivity (Wildman–Crippen MR) is 82.8 cm³/mol. The number of alkyl halides is 1. The number of unbranched alkanes of at least 4 members (excludes halogenated alkanes) is 1. The summed E-state index contributed by atoms with van der Waals surface area (Å²) in [4.78, 5) is 11.6. The van der Waals surface area contributed by atoms with Crippen molar-refractivity contribution in [2.75, 3.05) is 0 Å². The zero-order valence-electron chi connectivity index (χ0n) is 12.0. The number of carbonyl (C=O) groups excluding carboxylic acids is 1. The fourth-order valence-electron chi connectivity index (χ4n) is 2.27. The van der Waals surface area contributed by atoms with E-state index in [2.05, 4.69) is 6.92 Å². The fraction of sp³-hybridized carbons (Fsp3) is 0.562. The van der Waals surface area contributed by atoms with Gasteiger partial charge < -0.3 is 10.8 Å². The SMILES string of the molecule is CCCCC(O)C(Cl)CCC(C(N)=O)c1ccccc1. The number of hydrogen-bond donors (Lipinski definition) is 2. The van der Waals surface area contributed by atoms with Crippen molar-refractivity contribution in [2.24, 2.45) is 5.73 Å². The highest BCUT2D eigenvalue weighted by Crippen LogP contribution is 2.25. The molecule has 0 aliphatic heterocycles. The van der Waals surface area contributed by atoms with Gasteiger partial charge in [-0.05, 0) is 24.8 Å². The summed E-state index contributed by atoms with van der Waals surface area (Å²) in [6.45, 7) is 2.08. The molecular weight excluding hydrogens is 274 g/mol. The van der Waals surface area contributed by atoms with Crippen LogP contribution in [0.3, 0.4) is 0 Å². The number of halogens is 1. The molecule has 1 amide bonds. The Labute approximate surface area is 126 Å². The first-order valence-corrected chi connectivity index (χ1v) is 7.66. The van der Waals surface area contributed by atoms with Gasteiger partial charge in [-0.3, -0.25) is 4.79 Å². The highest BCUT2D eigenvalue weighted by atomic mass is 35.5. The van der Waals surface area contributed by atoms with Crippen molar-refractivity contribution < 1.29 is 9.90 Å². The summed E-state index contributed by atoms with van der Waals surface area (Å²) in [5, 5.41) is 9.60. The van der Waals surface area contributed by atoms with Crippen LogP contribution in [0.5, 0.6) is 0 Å². The third-order valence-electron chi connectivity index (χ3n) is 3.55. The number of hydrogen-bond acceptors (Lipinski definition) is 2. The van der Waals surface area contributed by atoms with Crippen molar-refractivity contribution in [3.05, 3.63) is 35.9 Å². The quantitative estimate of drug-likeness (QED) is 0.688. The summed E-state index contributed by atoms with van der Waals surface area (Å²) in [6, 6.07) is 9.47. The molecule has 0 fully saturated rings. The molecule has 1 aromatic carbocycles. The maximum atomic E-state index is 11.6. The van der Waals surface area contributed by atoms with E-state index in [0.29, 0.717) is 19.3 Å². The van der Waals surface area contributed by atoms with Crippen molar-refractivity contribution in [2.45, 2.75) is 56.4 Å². The Morgan fingerprint density at radius 1 is 1.25 bits per heavy atom. The van der Waals surface area contributed by atoms with Crippen LogP contribution in [0.4, 0.5) is 0 Å². The minimum absolute atomic E-state index is 0.327. The van der Waals surface area contributed by atoms with E-state index in [4.69, 9.17) is 17.3 Å². The molecule has 3 atom stereocenters. The number of rotatable bonds is 9. The van der Waals surface area contributed by atoms with Crippen LogP contribution in [-0.4, -0.2) is 22.5 Å². The van der Waals surface area contributed by atoms with E-state index in [0.717, 1.165) is 18.4 Å². The number of carbonyl (C=O) groups is 1. The molecule has 112 valence electrons. The Morgan fingerprint density at radius 3 is 2.45 bits per heavy atom. The zero-order chi connectivity index (χ0) is 15.0. The second kappa shape index (κ2) is 8.98. The lowest BCUT2D eigenvalue weighted by Gasteiger charge is -2.19. The van der Waals surface area contributed by atoms with E-state index in [1.807, 2.05) is 30.3 Å². The average Bonchev–Trinajstić information content (AvgIpc) is 2.45. The lowest BCUT2D eigenvalue weighted by Crippen LogP contribution is -2.25. The van der Waals surface area contributed by atoms with Crippen LogP contribution in [0, 0.1) is 0 Å². The zero-order valence-corrected chi connectivity index (χ0v) is 12.7. The van der Waals surface area contributed by atoms with Crippen LogP contribution in [0.2, 0.25) is 0 Å². The largest absolute Gasteiger partial charge is 0.392 e. The molecule has 0 aliphatic carbocycles. The summed E-state index contributed by atoms with van der Waals surface area (Å²) in [5.74, 6) is -0.682. The van der Waals surface area contributed by atoms with E-state index in [9.17, 15) is 9.90 Å². The van der Waals surface area contributed by atoms with Crippen molar-refractivity contribution in [1.82, 2.24) is 0 Å². The van der Waals surface area contributed by atoms with Gasteiger partial charge in [0.1, 0.15) is 0 Å². The van der Waals surface area contributed by atoms with Gasteiger partial charge in [0.05, 0.1) is 17.4 Å². The van der Waals surface area contributed by atoms with E-state index < -0.39 is 6.10 Å². The first-order valence-electron chi connectivity index (χ1n) is 7.22. The molecule has 0 heterocycles. The Bertz CT molecular complexity index is 397. The highest BCUT2D eigenvalue weighted by Gasteiger charge is 2.22. The van der Waals surface area contributed by atoms with Crippen molar-refractivity contribution in [3.8, 4) is 0 Å². The van der Waals surface area contributed by atoms with Crippen molar-refractivity contribution in [3.63, 3.8) is 0 Å². The Hall–Kier alpha value is -1.06. The number of aliphatic hydroxyl groups excluding tert-OH is 1. The number of benzene rings is 1. The molecule has 0 radical (unpaired) electrons. The van der Waals surface area contributed by atoms with E-state index in [-0.39, 0.29) is 17.2 Å². The molecule has 1 rings (SSSR count). The van der Waals surface area contributed by atoms with E-state index in [1.165, 1.54) is 0 Å². The van der Waals surface area contributed by atoms with E-state index >= 15 is 0 Å². The van der Waals surface area contributed by atoms with Crippen LogP contribution in [-0.2, 0) is 4.79 Å². The molecule has 0 bridgehead atoms. The van der Waals surface area contributed by atoms with Crippen LogP contribution < -0.4 is 5.73 Å². The minimum atomic E-state index is -0.513. The molecule has 20 heavy (non-hydrogen) atoms. The number of nitrogens with two attached hydrogens (primary N) is 1. The molecular formula is C16H24ClNO2. The molecule has 3 N–H and O–H groups in total. The number of aliphatic hydroxyl groups is 1. The number of amides is 1. The first-order chi connectivity index (χ1) is 9.56. The molecule has 3 unspecified atom stereocenters. The van der Waals surface area contributed by atoms with Gasteiger partial charge in [-0.15, -0.1) is 11.6 Å². The molecule has 0 aromatic heterocycles. The molecule has 3 nitrogen and oxygen atoms in total. The van der Waals surface area contributed by atoms with E-state index in [1.54, 1.807) is 0 Å². The molecule has 1 aromatic rings. The molecule has 0 saturated carbocycles. The van der Waals surface area contributed by atoms with Crippen molar-refractivity contribution in [1.29, 1.82) is 0 Å². The molecule has 0 aliphatic rings. The standard InChI is InChI=1S/C16H24ClNO2/c1-2-3-9-15(19)14(17)11-10-13(16(18)20)12-7-5-4-6-8-12/h4-8,13-15,19H,2-3,9-11H2,1H3,(H2,18,20). The first kappa shape index (κ1) is 17.0. The Kier molecular flexibility index (Phi) is 7.63. The van der Waals surface area contributed by atoms with Gasteiger partial charge in [-0.25, -0.2) is 0 Å². The summed E-state index contributed by atoms with van der Waals surface area (Å²) in [6.07, 6.45) is 3.33. The second-order valence-corrected chi connectivity index (χ2v) is 5.73. The minimum Gasteiger partial charge on any atom is -0.392 e. The summed E-state index contributed by atoms with van der Waals surface area (Å²) in [5.41, 5.74) is 6.38. The fourth-order valence-corrected chi connectivity index (χ4v) is 2.52. The highest BCUT2D eigenvalue weighted by molar-refractivity contribution is 6.21. The Balaban J connectivity index is 2.54. The van der Waals surface area contributed by atoms with Gasteiger partial charge in [0.25, 0.3) is 0 Å². The van der Waals surface area contributed by atoms with Crippen LogP contribution in [0.25, 0.3) is 0 Å². The smallest absolute Gasteiger partial charge is 0.224 e. The Morgan fingerprint density at radius 2 is 1.90 bits per heavy atom. The van der Waals surface area contributed by atoms with Gasteiger partial charge in [0.2, 0.25) is 5.91 Å². The third-order valence-corrected chi connectivity index (χ3v) is 4.06.